The highest BCUT2D eigenvalue weighted by atomic mass is 31.1. The molecule has 0 unspecified atom stereocenters. The molecule has 0 atom stereocenters. The van der Waals surface area contributed by atoms with Gasteiger partial charge in [0.2, 0.25) is 16.0 Å². The van der Waals surface area contributed by atoms with Crippen molar-refractivity contribution in [3.8, 4) is 67.9 Å². The minimum Gasteiger partial charge on any atom is -0.497 e. The third kappa shape index (κ3) is 9.04. The zero-order chi connectivity index (χ0) is 50.3. The van der Waals surface area contributed by atoms with Crippen molar-refractivity contribution in [3.05, 3.63) is 167 Å². The molecule has 0 amide bonds. The van der Waals surface area contributed by atoms with Gasteiger partial charge in [0.15, 0.2) is 0 Å². The first-order chi connectivity index (χ1) is 35.6. The Morgan fingerprint density at radius 3 is 1.01 bits per heavy atom. The van der Waals surface area contributed by atoms with Gasteiger partial charge < -0.3 is 45.2 Å². The lowest BCUT2D eigenvalue weighted by atomic mass is 9.86. The largest absolute Gasteiger partial charge is 0.497 e. The second kappa shape index (κ2) is 20.1. The molecule has 12 heteroatoms. The van der Waals surface area contributed by atoms with Crippen LogP contribution >= 0.6 is 16.0 Å². The van der Waals surface area contributed by atoms with Crippen LogP contribution in [0.25, 0.3) is 77.3 Å². The fraction of sp³-hybridized carbons (Fsp3) is 0.213. The molecule has 0 N–H and O–H groups in total. The fourth-order valence-corrected chi connectivity index (χ4v) is 13.4. The molecule has 10 aromatic rings. The monoisotopic (exact) mass is 1010 g/mol. The van der Waals surface area contributed by atoms with Crippen molar-refractivity contribution in [2.45, 2.75) is 46.4 Å². The van der Waals surface area contributed by atoms with E-state index in [4.69, 9.17) is 45.2 Å². The van der Waals surface area contributed by atoms with Crippen molar-refractivity contribution < 1.29 is 45.2 Å². The Hall–Kier alpha value is -7.64. The number of aryl methyl sites for hydroxylation is 4. The Morgan fingerprint density at radius 1 is 0.397 bits per heavy atom. The van der Waals surface area contributed by atoms with Gasteiger partial charge in [0, 0.05) is 39.1 Å². The molecule has 0 aliphatic carbocycles. The molecule has 370 valence electrons. The van der Waals surface area contributed by atoms with Crippen LogP contribution in [0.2, 0.25) is 0 Å². The smallest absolute Gasteiger partial charge is 0.221 e. The Balaban J connectivity index is 1.25. The maximum absolute atomic E-state index is 7.25. The summed E-state index contributed by atoms with van der Waals surface area (Å²) in [5, 5.41) is 3.48. The summed E-state index contributed by atoms with van der Waals surface area (Å²) in [5.41, 5.74) is 14.5. The molecule has 10 nitrogen and oxygen atoms in total. The van der Waals surface area contributed by atoms with Crippen molar-refractivity contribution >= 4 is 59.9 Å². The molecule has 8 aromatic carbocycles. The van der Waals surface area contributed by atoms with Crippen LogP contribution in [-0.2, 0) is 12.3 Å². The average Bonchev–Trinajstić information content (AvgIpc) is 3.62. The van der Waals surface area contributed by atoms with Gasteiger partial charge in [-0.25, -0.2) is 0 Å². The van der Waals surface area contributed by atoms with Gasteiger partial charge in [-0.05, 0) is 144 Å². The highest BCUT2D eigenvalue weighted by Gasteiger charge is 2.29. The molecule has 0 bridgehead atoms. The van der Waals surface area contributed by atoms with Gasteiger partial charge in [0.25, 0.3) is 0 Å². The van der Waals surface area contributed by atoms with E-state index in [1.54, 1.807) is 28.4 Å². The second-order valence-electron chi connectivity index (χ2n) is 18.3. The minimum atomic E-state index is -1.74. The summed E-state index contributed by atoms with van der Waals surface area (Å²) >= 11 is 0. The quantitative estimate of drug-likeness (QED) is 0.131. The first-order valence-electron chi connectivity index (χ1n) is 24.3. The normalized spacial score (nSPS) is 12.3. The molecule has 3 heterocycles. The van der Waals surface area contributed by atoms with Crippen molar-refractivity contribution in [1.29, 1.82) is 0 Å². The minimum absolute atomic E-state index is 0.376. The highest BCUT2D eigenvalue weighted by Crippen LogP contribution is 2.54. The molecule has 0 spiro atoms. The maximum Gasteiger partial charge on any atom is 0.221 e. The third-order valence-electron chi connectivity index (χ3n) is 13.6. The van der Waals surface area contributed by atoms with Crippen molar-refractivity contribution in [3.63, 3.8) is 0 Å². The van der Waals surface area contributed by atoms with E-state index >= 15 is 0 Å². The SMILES string of the molecule is COc1cc(C)c2op(Cc3c(-c4ccccc4)ccc4c3-c3c(ccc(-c5ccccc5)c3Cp3oc5c(C)cc(OC)cc5c5cc(OC)cc(C)c5o3)OCCCO4)oc3c(C)cc(OC)cc3c2c1. The molecule has 0 saturated carbocycles. The zero-order valence-corrected chi connectivity index (χ0v) is 44.0. The summed E-state index contributed by atoms with van der Waals surface area (Å²) in [6.07, 6.45) is 1.43. The molecule has 0 fully saturated rings. The number of hydrogen-bond donors (Lipinski definition) is 0. The number of ether oxygens (including phenoxy) is 6. The lowest BCUT2D eigenvalue weighted by Crippen LogP contribution is -2.03. The van der Waals surface area contributed by atoms with Crippen LogP contribution in [-0.4, -0.2) is 41.7 Å². The summed E-state index contributed by atoms with van der Waals surface area (Å²) in [6, 6.07) is 45.7. The zero-order valence-electron chi connectivity index (χ0n) is 42.2. The predicted octanol–water partition coefficient (Wildman–Crippen LogP) is 17.4. The molecule has 11 rings (SSSR count). The summed E-state index contributed by atoms with van der Waals surface area (Å²) in [5.74, 6) is 4.36. The molecule has 0 radical (unpaired) electrons. The van der Waals surface area contributed by atoms with Gasteiger partial charge in [-0.2, -0.15) is 0 Å². The Kier molecular flexibility index (Phi) is 13.1. The van der Waals surface area contributed by atoms with Crippen LogP contribution < -0.4 is 28.4 Å². The van der Waals surface area contributed by atoms with Crippen molar-refractivity contribution in [2.75, 3.05) is 41.7 Å². The summed E-state index contributed by atoms with van der Waals surface area (Å²) in [4.78, 5) is 0. The van der Waals surface area contributed by atoms with E-state index in [0.717, 1.165) is 145 Å². The van der Waals surface area contributed by atoms with Gasteiger partial charge in [-0.15, -0.1) is 0 Å². The molecule has 73 heavy (non-hydrogen) atoms. The molecule has 2 aromatic heterocycles. The fourth-order valence-electron chi connectivity index (χ4n) is 10.1. The van der Waals surface area contributed by atoms with Gasteiger partial charge in [0.1, 0.15) is 56.8 Å². The van der Waals surface area contributed by atoms with Crippen LogP contribution in [0.4, 0.5) is 0 Å². The van der Waals surface area contributed by atoms with E-state index in [2.05, 4.69) is 100 Å². The highest BCUT2D eigenvalue weighted by molar-refractivity contribution is 7.36. The van der Waals surface area contributed by atoms with E-state index in [-0.39, 0.29) is 0 Å². The van der Waals surface area contributed by atoms with Crippen LogP contribution in [0.5, 0.6) is 34.5 Å². The standard InChI is InChI=1S/C61H56O10P2/c1-36-26-42(62-5)30-48-49-31-43(63-6)27-37(2)59(49)69-72(68-58(36)48)34-52-46(40-16-11-9-12-17-40)20-22-54-56(52)57-53(47(41-18-13-10-14-19-41)21-23-55(57)67-25-15-24-66-54)35-73-70-60-38(3)28-44(64-7)32-50(60)51-33-45(65-8)29-39(4)61(51)71-73/h9-14,16-23,26-33H,15,24-25,34-35H2,1-8H3. The van der Waals surface area contributed by atoms with E-state index < -0.39 is 16.0 Å². The van der Waals surface area contributed by atoms with Crippen LogP contribution in [0.3, 0.4) is 0 Å². The summed E-state index contributed by atoms with van der Waals surface area (Å²) in [6.45, 7) is 9.11. The molecule has 1 aliphatic rings. The van der Waals surface area contributed by atoms with Gasteiger partial charge in [-0.1, -0.05) is 72.8 Å². The lowest BCUT2D eigenvalue weighted by molar-refractivity contribution is 0.252. The van der Waals surface area contributed by atoms with Crippen molar-refractivity contribution in [2.24, 2.45) is 0 Å². The van der Waals surface area contributed by atoms with Crippen LogP contribution in [0.1, 0.15) is 39.8 Å². The number of rotatable bonds is 10. The van der Waals surface area contributed by atoms with Crippen molar-refractivity contribution in [1.82, 2.24) is 0 Å². The Bertz CT molecular complexity index is 3430. The predicted molar refractivity (Wildman–Crippen MR) is 294 cm³/mol. The van der Waals surface area contributed by atoms with Gasteiger partial charge >= 0.3 is 0 Å². The first kappa shape index (κ1) is 47.7. The van der Waals surface area contributed by atoms with E-state index in [9.17, 15) is 0 Å². The Labute approximate surface area is 426 Å². The third-order valence-corrected chi connectivity index (χ3v) is 16.3. The van der Waals surface area contributed by atoms with E-state index in [1.807, 2.05) is 60.7 Å². The average molecular weight is 1010 g/mol. The molecule has 0 saturated heterocycles. The van der Waals surface area contributed by atoms with Gasteiger partial charge in [-0.3, -0.25) is 0 Å². The summed E-state index contributed by atoms with van der Waals surface area (Å²) in [7, 11) is 3.25. The van der Waals surface area contributed by atoms with Crippen LogP contribution in [0, 0.1) is 27.7 Å². The number of fused-ring (bicyclic) bond motifs is 9. The number of hydrogen-bond acceptors (Lipinski definition) is 10. The second-order valence-corrected chi connectivity index (χ2v) is 21.0. The topological polar surface area (TPSA) is 108 Å². The lowest BCUT2D eigenvalue weighted by Gasteiger charge is -2.24. The van der Waals surface area contributed by atoms with Gasteiger partial charge in [0.05, 0.1) is 54.0 Å². The molecule has 1 aliphatic heterocycles. The van der Waals surface area contributed by atoms with E-state index in [0.29, 0.717) is 32.0 Å². The molecular formula is C61H56O10P2. The maximum atomic E-state index is 7.25. The number of benzene rings is 8. The number of methoxy groups -OCH3 is 4. The van der Waals surface area contributed by atoms with E-state index in [1.165, 1.54) is 0 Å². The Morgan fingerprint density at radius 2 is 0.712 bits per heavy atom. The molecular weight excluding hydrogens is 955 g/mol. The summed E-state index contributed by atoms with van der Waals surface area (Å²) < 4.78 is 66.2. The van der Waals surface area contributed by atoms with Crippen LogP contribution in [0.15, 0.2) is 150 Å². The first-order valence-corrected chi connectivity index (χ1v) is 27.1.